The van der Waals surface area contributed by atoms with E-state index in [1.807, 2.05) is 13.8 Å². The lowest BCUT2D eigenvalue weighted by molar-refractivity contribution is -0.137. The van der Waals surface area contributed by atoms with Gasteiger partial charge >= 0.3 is 13.8 Å². The Morgan fingerprint density at radius 3 is 2.31 bits per heavy atom. The van der Waals surface area contributed by atoms with Gasteiger partial charge in [-0.05, 0) is 12.3 Å². The first kappa shape index (κ1) is 12.6. The molecule has 0 bridgehead atoms. The standard InChI is InChI=1S/C6H14NO5P/c1-4(2)3-5(7)6(8)12-13(9,10)11/h4-5H,3,7H2,1-2H3,(H2,9,10,11)/t5-/m0/s1. The molecule has 0 radical (unpaired) electrons. The van der Waals surface area contributed by atoms with Crippen LogP contribution in [0.1, 0.15) is 20.3 Å². The third kappa shape index (κ3) is 6.72. The molecule has 7 heteroatoms. The van der Waals surface area contributed by atoms with E-state index in [1.54, 1.807) is 0 Å². The Bertz CT molecular complexity index is 223. The second-order valence-electron chi connectivity index (χ2n) is 3.14. The van der Waals surface area contributed by atoms with E-state index in [-0.39, 0.29) is 5.92 Å². The topological polar surface area (TPSA) is 110 Å². The molecular formula is C6H14NO5P. The third-order valence-corrected chi connectivity index (χ3v) is 1.65. The summed E-state index contributed by atoms with van der Waals surface area (Å²) in [5.74, 6) is -0.902. The molecule has 0 aliphatic carbocycles. The normalized spacial score (nSPS) is 14.3. The maximum atomic E-state index is 10.9. The number of hydrogen-bond donors (Lipinski definition) is 3. The first-order chi connectivity index (χ1) is 5.72. The number of rotatable bonds is 4. The lowest BCUT2D eigenvalue weighted by Gasteiger charge is -2.13. The Morgan fingerprint density at radius 1 is 1.54 bits per heavy atom. The van der Waals surface area contributed by atoms with Gasteiger partial charge in [0.05, 0.1) is 0 Å². The fourth-order valence-electron chi connectivity index (χ4n) is 0.789. The van der Waals surface area contributed by atoms with Gasteiger partial charge in [0.1, 0.15) is 6.04 Å². The number of nitrogens with two attached hydrogens (primary N) is 1. The van der Waals surface area contributed by atoms with E-state index >= 15 is 0 Å². The summed E-state index contributed by atoms with van der Waals surface area (Å²) in [5, 5.41) is 0. The molecule has 4 N–H and O–H groups in total. The molecule has 0 aromatic rings. The fraction of sp³-hybridized carbons (Fsp3) is 0.833. The predicted molar refractivity (Wildman–Crippen MR) is 45.6 cm³/mol. The SMILES string of the molecule is CC(C)C[C@H](N)C(=O)OP(=O)(O)O. The van der Waals surface area contributed by atoms with Crippen LogP contribution < -0.4 is 5.73 Å². The van der Waals surface area contributed by atoms with E-state index in [9.17, 15) is 9.36 Å². The van der Waals surface area contributed by atoms with Gasteiger partial charge in [-0.3, -0.25) is 9.79 Å². The Hall–Kier alpha value is -0.420. The molecule has 0 amide bonds. The second kappa shape index (κ2) is 4.72. The zero-order chi connectivity index (χ0) is 10.6. The van der Waals surface area contributed by atoms with Gasteiger partial charge in [0, 0.05) is 0 Å². The molecule has 0 aliphatic heterocycles. The van der Waals surface area contributed by atoms with Gasteiger partial charge in [0.2, 0.25) is 0 Å². The molecule has 0 saturated carbocycles. The van der Waals surface area contributed by atoms with Gasteiger partial charge in [0.15, 0.2) is 0 Å². The summed E-state index contributed by atoms with van der Waals surface area (Å²) in [7, 11) is -4.75. The van der Waals surface area contributed by atoms with Gasteiger partial charge in [-0.25, -0.2) is 9.36 Å². The summed E-state index contributed by atoms with van der Waals surface area (Å²) < 4.78 is 14.0. The monoisotopic (exact) mass is 211 g/mol. The summed E-state index contributed by atoms with van der Waals surface area (Å²) in [6, 6.07) is -0.979. The lowest BCUT2D eigenvalue weighted by atomic mass is 10.1. The average Bonchev–Trinajstić information content (AvgIpc) is 1.81. The number of phosphoric ester groups is 1. The van der Waals surface area contributed by atoms with Gasteiger partial charge in [-0.15, -0.1) is 0 Å². The van der Waals surface area contributed by atoms with E-state index < -0.39 is 19.8 Å². The van der Waals surface area contributed by atoms with E-state index in [2.05, 4.69) is 4.52 Å². The molecule has 0 rings (SSSR count). The lowest BCUT2D eigenvalue weighted by Crippen LogP contribution is -2.32. The quantitative estimate of drug-likeness (QED) is 0.564. The largest absolute Gasteiger partial charge is 0.527 e. The molecule has 0 spiro atoms. The van der Waals surface area contributed by atoms with Crippen LogP contribution in [0.15, 0.2) is 0 Å². The maximum Gasteiger partial charge on any atom is 0.527 e. The van der Waals surface area contributed by atoms with Crippen LogP contribution in [0.2, 0.25) is 0 Å². The average molecular weight is 211 g/mol. The molecule has 0 heterocycles. The molecule has 13 heavy (non-hydrogen) atoms. The minimum absolute atomic E-state index is 0.166. The van der Waals surface area contributed by atoms with Crippen molar-refractivity contribution in [3.05, 3.63) is 0 Å². The minimum Gasteiger partial charge on any atom is -0.369 e. The summed E-state index contributed by atoms with van der Waals surface area (Å²) in [6.45, 7) is 3.68. The van der Waals surface area contributed by atoms with E-state index in [0.717, 1.165) is 0 Å². The van der Waals surface area contributed by atoms with Crippen molar-refractivity contribution in [2.75, 3.05) is 0 Å². The third-order valence-electron chi connectivity index (χ3n) is 1.24. The van der Waals surface area contributed by atoms with Crippen LogP contribution in [0.25, 0.3) is 0 Å². The second-order valence-corrected chi connectivity index (χ2v) is 4.30. The zero-order valence-corrected chi connectivity index (χ0v) is 8.40. The first-order valence-corrected chi connectivity index (χ1v) is 5.30. The van der Waals surface area contributed by atoms with Crippen molar-refractivity contribution < 1.29 is 23.7 Å². The van der Waals surface area contributed by atoms with Crippen LogP contribution >= 0.6 is 7.82 Å². The van der Waals surface area contributed by atoms with Gasteiger partial charge in [-0.1, -0.05) is 13.8 Å². The molecule has 0 unspecified atom stereocenters. The van der Waals surface area contributed by atoms with Crippen molar-refractivity contribution in [1.29, 1.82) is 0 Å². The van der Waals surface area contributed by atoms with Crippen LogP contribution in [0.4, 0.5) is 0 Å². The zero-order valence-electron chi connectivity index (χ0n) is 7.51. The van der Waals surface area contributed by atoms with Crippen molar-refractivity contribution >= 4 is 13.8 Å². The predicted octanol–water partition coefficient (Wildman–Crippen LogP) is -0.00430. The Labute approximate surface area is 76.3 Å². The van der Waals surface area contributed by atoms with Crippen LogP contribution in [0, 0.1) is 5.92 Å². The van der Waals surface area contributed by atoms with Gasteiger partial charge < -0.3 is 10.3 Å². The highest BCUT2D eigenvalue weighted by Gasteiger charge is 2.25. The van der Waals surface area contributed by atoms with Crippen LogP contribution in [-0.2, 0) is 13.9 Å². The highest BCUT2D eigenvalue weighted by Crippen LogP contribution is 2.36. The number of carbonyl (C=O) groups is 1. The van der Waals surface area contributed by atoms with Crippen molar-refractivity contribution in [3.8, 4) is 0 Å². The van der Waals surface area contributed by atoms with E-state index in [4.69, 9.17) is 15.5 Å². The highest BCUT2D eigenvalue weighted by atomic mass is 31.2. The summed E-state index contributed by atoms with van der Waals surface area (Å²) in [4.78, 5) is 27.4. The Kier molecular flexibility index (Phi) is 4.56. The van der Waals surface area contributed by atoms with Crippen molar-refractivity contribution in [3.63, 3.8) is 0 Å². The first-order valence-electron chi connectivity index (χ1n) is 3.77. The number of hydrogen-bond acceptors (Lipinski definition) is 4. The fourth-order valence-corrected chi connectivity index (χ4v) is 1.16. The molecule has 78 valence electrons. The van der Waals surface area contributed by atoms with Gasteiger partial charge in [-0.2, -0.15) is 0 Å². The van der Waals surface area contributed by atoms with E-state index in [0.29, 0.717) is 6.42 Å². The molecular weight excluding hydrogens is 197 g/mol. The Morgan fingerprint density at radius 2 is 2.00 bits per heavy atom. The van der Waals surface area contributed by atoms with Crippen LogP contribution in [0.3, 0.4) is 0 Å². The molecule has 0 aromatic heterocycles. The smallest absolute Gasteiger partial charge is 0.369 e. The summed E-state index contributed by atoms with van der Waals surface area (Å²) in [5.41, 5.74) is 5.31. The number of phosphoric acid groups is 1. The molecule has 0 aliphatic rings. The summed E-state index contributed by atoms with van der Waals surface area (Å²) in [6.07, 6.45) is 0.332. The van der Waals surface area contributed by atoms with Crippen molar-refractivity contribution in [1.82, 2.24) is 0 Å². The minimum atomic E-state index is -4.75. The maximum absolute atomic E-state index is 10.9. The van der Waals surface area contributed by atoms with E-state index in [1.165, 1.54) is 0 Å². The van der Waals surface area contributed by atoms with Crippen molar-refractivity contribution in [2.45, 2.75) is 26.3 Å². The molecule has 0 fully saturated rings. The molecule has 1 atom stereocenters. The summed E-state index contributed by atoms with van der Waals surface area (Å²) >= 11 is 0. The molecule has 0 saturated heterocycles. The van der Waals surface area contributed by atoms with Crippen LogP contribution in [0.5, 0.6) is 0 Å². The number of carbonyl (C=O) groups excluding carboxylic acids is 1. The molecule has 0 aromatic carbocycles. The molecule has 6 nitrogen and oxygen atoms in total. The van der Waals surface area contributed by atoms with Crippen LogP contribution in [-0.4, -0.2) is 21.8 Å². The Balaban J connectivity index is 4.05. The van der Waals surface area contributed by atoms with Crippen molar-refractivity contribution in [2.24, 2.45) is 11.7 Å². The van der Waals surface area contributed by atoms with Gasteiger partial charge in [0.25, 0.3) is 0 Å². The highest BCUT2D eigenvalue weighted by molar-refractivity contribution is 7.46.